The van der Waals surface area contributed by atoms with Crippen LogP contribution in [0.1, 0.15) is 25.7 Å². The van der Waals surface area contributed by atoms with E-state index < -0.39 is 66.6 Å². The summed E-state index contributed by atoms with van der Waals surface area (Å²) >= 11 is 0. The molecule has 0 aromatic rings. The van der Waals surface area contributed by atoms with Crippen LogP contribution in [0.15, 0.2) is 0 Å². The van der Waals surface area contributed by atoms with E-state index >= 15 is 0 Å². The second-order valence-electron chi connectivity index (χ2n) is 5.27. The molecule has 0 saturated heterocycles. The van der Waals surface area contributed by atoms with Gasteiger partial charge in [0.05, 0.1) is 18.9 Å². The first-order valence-electron chi connectivity index (χ1n) is 7.25. The van der Waals surface area contributed by atoms with Crippen LogP contribution in [0.3, 0.4) is 0 Å². The van der Waals surface area contributed by atoms with Gasteiger partial charge in [-0.3, -0.25) is 24.0 Å². The lowest BCUT2D eigenvalue weighted by atomic mass is 10.1. The summed E-state index contributed by atoms with van der Waals surface area (Å²) in [6.07, 6.45) is -2.23. The highest BCUT2D eigenvalue weighted by Gasteiger charge is 2.30. The quantitative estimate of drug-likeness (QED) is 0.178. The number of carbonyl (C=O) groups excluding carboxylic acids is 3. The van der Waals surface area contributed by atoms with Crippen LogP contribution in [0.5, 0.6) is 0 Å². The molecular formula is C13H20N4O9. The lowest BCUT2D eigenvalue weighted by Crippen LogP contribution is -2.55. The SMILES string of the molecule is NC(=O)CCC(N)C(=O)NC(CC(=O)O)C(=O)NC(CC(=O)O)C(=O)O. The topological polar surface area (TPSA) is 239 Å². The minimum absolute atomic E-state index is 0.153. The van der Waals surface area contributed by atoms with Crippen LogP contribution in [-0.4, -0.2) is 69.1 Å². The van der Waals surface area contributed by atoms with Crippen molar-refractivity contribution in [2.24, 2.45) is 11.5 Å². The van der Waals surface area contributed by atoms with Crippen molar-refractivity contribution in [2.45, 2.75) is 43.8 Å². The molecule has 0 aliphatic rings. The fraction of sp³-hybridized carbons (Fsp3) is 0.538. The molecule has 0 saturated carbocycles. The Kier molecular flexibility index (Phi) is 9.29. The number of hydrogen-bond acceptors (Lipinski definition) is 7. The number of carboxylic acid groups (broad SMARTS) is 3. The average molecular weight is 376 g/mol. The summed E-state index contributed by atoms with van der Waals surface area (Å²) < 4.78 is 0. The van der Waals surface area contributed by atoms with E-state index in [9.17, 15) is 28.8 Å². The molecule has 0 aliphatic carbocycles. The molecule has 146 valence electrons. The van der Waals surface area contributed by atoms with Crippen molar-refractivity contribution < 1.29 is 44.1 Å². The van der Waals surface area contributed by atoms with Gasteiger partial charge in [0.25, 0.3) is 0 Å². The van der Waals surface area contributed by atoms with Crippen molar-refractivity contribution in [3.63, 3.8) is 0 Å². The van der Waals surface area contributed by atoms with Gasteiger partial charge in [-0.25, -0.2) is 4.79 Å². The number of hydrogen-bond donors (Lipinski definition) is 7. The first kappa shape index (κ1) is 22.8. The molecule has 0 rings (SSSR count). The Morgan fingerprint density at radius 2 is 1.27 bits per heavy atom. The monoisotopic (exact) mass is 376 g/mol. The van der Waals surface area contributed by atoms with Gasteiger partial charge >= 0.3 is 17.9 Å². The zero-order valence-electron chi connectivity index (χ0n) is 13.5. The van der Waals surface area contributed by atoms with Gasteiger partial charge in [0.15, 0.2) is 0 Å². The van der Waals surface area contributed by atoms with Gasteiger partial charge in [-0.15, -0.1) is 0 Å². The summed E-state index contributed by atoms with van der Waals surface area (Å²) in [5.74, 6) is -7.54. The third kappa shape index (κ3) is 9.17. The predicted molar refractivity (Wildman–Crippen MR) is 82.4 cm³/mol. The molecule has 3 unspecified atom stereocenters. The molecule has 26 heavy (non-hydrogen) atoms. The van der Waals surface area contributed by atoms with E-state index in [0.717, 1.165) is 0 Å². The van der Waals surface area contributed by atoms with E-state index in [-0.39, 0.29) is 12.8 Å². The van der Waals surface area contributed by atoms with Gasteiger partial charge in [-0.2, -0.15) is 0 Å². The van der Waals surface area contributed by atoms with E-state index in [4.69, 9.17) is 26.8 Å². The molecule has 9 N–H and O–H groups in total. The standard InChI is InChI=1S/C13H20N4O9/c14-5(1-2-8(15)18)11(23)16-6(3-9(19)20)12(24)17-7(13(25)26)4-10(21)22/h5-7H,1-4,14H2,(H2,15,18)(H,16,23)(H,17,24)(H,19,20)(H,21,22)(H,25,26). The van der Waals surface area contributed by atoms with Gasteiger partial charge in [-0.1, -0.05) is 0 Å². The fourth-order valence-electron chi connectivity index (χ4n) is 1.74. The van der Waals surface area contributed by atoms with Crippen molar-refractivity contribution in [3.05, 3.63) is 0 Å². The number of amides is 3. The van der Waals surface area contributed by atoms with Crippen LogP contribution in [0.25, 0.3) is 0 Å². The van der Waals surface area contributed by atoms with E-state index in [0.29, 0.717) is 0 Å². The van der Waals surface area contributed by atoms with Crippen molar-refractivity contribution in [2.75, 3.05) is 0 Å². The second kappa shape index (κ2) is 10.6. The summed E-state index contributed by atoms with van der Waals surface area (Å²) in [5.41, 5.74) is 10.4. The van der Waals surface area contributed by atoms with Crippen LogP contribution in [-0.2, 0) is 28.8 Å². The lowest BCUT2D eigenvalue weighted by molar-refractivity contribution is -0.148. The number of nitrogens with one attached hydrogen (secondary N) is 2. The summed E-state index contributed by atoms with van der Waals surface area (Å²) in [4.78, 5) is 67.0. The highest BCUT2D eigenvalue weighted by Crippen LogP contribution is 2.01. The highest BCUT2D eigenvalue weighted by molar-refractivity contribution is 5.94. The molecule has 0 aromatic heterocycles. The number of rotatable bonds is 12. The molecule has 3 atom stereocenters. The maximum atomic E-state index is 12.0. The largest absolute Gasteiger partial charge is 0.481 e. The van der Waals surface area contributed by atoms with E-state index in [2.05, 4.69) is 0 Å². The second-order valence-corrected chi connectivity index (χ2v) is 5.27. The van der Waals surface area contributed by atoms with Crippen molar-refractivity contribution >= 4 is 35.6 Å². The summed E-state index contributed by atoms with van der Waals surface area (Å²) in [7, 11) is 0. The molecule has 0 bridgehead atoms. The van der Waals surface area contributed by atoms with Crippen LogP contribution >= 0.6 is 0 Å². The molecule has 0 spiro atoms. The molecular weight excluding hydrogens is 356 g/mol. The van der Waals surface area contributed by atoms with E-state index in [1.807, 2.05) is 10.6 Å². The highest BCUT2D eigenvalue weighted by atomic mass is 16.4. The Labute approximate surface area is 146 Å². The van der Waals surface area contributed by atoms with Crippen LogP contribution in [0.4, 0.5) is 0 Å². The van der Waals surface area contributed by atoms with Gasteiger partial charge in [0.2, 0.25) is 17.7 Å². The van der Waals surface area contributed by atoms with Crippen molar-refractivity contribution in [1.29, 1.82) is 0 Å². The normalized spacial score (nSPS) is 13.7. The molecule has 0 radical (unpaired) electrons. The minimum Gasteiger partial charge on any atom is -0.481 e. The molecule has 13 heteroatoms. The zero-order valence-corrected chi connectivity index (χ0v) is 13.5. The van der Waals surface area contributed by atoms with Gasteiger partial charge < -0.3 is 37.4 Å². The Balaban J connectivity index is 5.05. The number of carboxylic acids is 3. The van der Waals surface area contributed by atoms with E-state index in [1.54, 1.807) is 0 Å². The van der Waals surface area contributed by atoms with Crippen LogP contribution in [0, 0.1) is 0 Å². The van der Waals surface area contributed by atoms with Gasteiger partial charge in [-0.05, 0) is 6.42 Å². The smallest absolute Gasteiger partial charge is 0.326 e. The zero-order chi connectivity index (χ0) is 20.4. The molecule has 0 aliphatic heterocycles. The maximum Gasteiger partial charge on any atom is 0.326 e. The first-order chi connectivity index (χ1) is 11.9. The number of nitrogens with two attached hydrogens (primary N) is 2. The maximum absolute atomic E-state index is 12.0. The number of carbonyl (C=O) groups is 6. The van der Waals surface area contributed by atoms with Gasteiger partial charge in [0.1, 0.15) is 12.1 Å². The third-order valence-corrected chi connectivity index (χ3v) is 3.04. The van der Waals surface area contributed by atoms with Crippen LogP contribution in [0.2, 0.25) is 0 Å². The minimum atomic E-state index is -1.82. The first-order valence-corrected chi connectivity index (χ1v) is 7.25. The molecule has 0 heterocycles. The third-order valence-electron chi connectivity index (χ3n) is 3.04. The number of primary amides is 1. The van der Waals surface area contributed by atoms with Gasteiger partial charge in [0, 0.05) is 6.42 Å². The predicted octanol–water partition coefficient (Wildman–Crippen LogP) is -3.42. The molecule has 13 nitrogen and oxygen atoms in total. The molecule has 3 amide bonds. The fourth-order valence-corrected chi connectivity index (χ4v) is 1.74. The summed E-state index contributed by atoms with van der Waals surface area (Å²) in [5, 5.41) is 30.2. The summed E-state index contributed by atoms with van der Waals surface area (Å²) in [6, 6.07) is -4.78. The lowest BCUT2D eigenvalue weighted by Gasteiger charge is -2.21. The summed E-state index contributed by atoms with van der Waals surface area (Å²) in [6.45, 7) is 0. The number of aliphatic carboxylic acids is 3. The molecule has 0 aromatic carbocycles. The molecule has 0 fully saturated rings. The average Bonchev–Trinajstić information content (AvgIpc) is 2.49. The Morgan fingerprint density at radius 1 is 0.808 bits per heavy atom. The Bertz CT molecular complexity index is 592. The van der Waals surface area contributed by atoms with E-state index in [1.165, 1.54) is 0 Å². The van der Waals surface area contributed by atoms with Crippen LogP contribution < -0.4 is 22.1 Å². The van der Waals surface area contributed by atoms with Crippen molar-refractivity contribution in [1.82, 2.24) is 10.6 Å². The van der Waals surface area contributed by atoms with Crippen molar-refractivity contribution in [3.8, 4) is 0 Å². The Morgan fingerprint density at radius 3 is 1.69 bits per heavy atom. The Hall–Kier alpha value is -3.22.